The Labute approximate surface area is 133 Å². The Kier molecular flexibility index (Phi) is 3.94. The molecule has 0 bridgehead atoms. The Bertz CT molecular complexity index is 803. The molecule has 5 heteroatoms. The first-order chi connectivity index (χ1) is 10.7. The van der Waals surface area contributed by atoms with Gasteiger partial charge < -0.3 is 10.5 Å². The molecule has 1 heterocycles. The quantitative estimate of drug-likeness (QED) is 0.792. The highest BCUT2D eigenvalue weighted by Crippen LogP contribution is 2.27. The number of anilines is 1. The van der Waals surface area contributed by atoms with E-state index < -0.39 is 0 Å². The fraction of sp³-hybridized carbons (Fsp3) is 0.0588. The van der Waals surface area contributed by atoms with Crippen molar-refractivity contribution in [3.05, 3.63) is 59.6 Å². The SMILES string of the molecule is COc1cccc(-c2cc(-c3ccc(Cl)cc3)nc(N)n2)c1. The minimum atomic E-state index is 0.227. The maximum absolute atomic E-state index is 5.92. The van der Waals surface area contributed by atoms with Gasteiger partial charge in [0.15, 0.2) is 0 Å². The van der Waals surface area contributed by atoms with E-state index in [1.165, 1.54) is 0 Å². The maximum atomic E-state index is 5.92. The van der Waals surface area contributed by atoms with Crippen molar-refractivity contribution in [3.63, 3.8) is 0 Å². The van der Waals surface area contributed by atoms with Crippen molar-refractivity contribution < 1.29 is 4.74 Å². The molecule has 0 aliphatic rings. The van der Waals surface area contributed by atoms with E-state index >= 15 is 0 Å². The van der Waals surface area contributed by atoms with Crippen molar-refractivity contribution in [1.82, 2.24) is 9.97 Å². The predicted octanol–water partition coefficient (Wildman–Crippen LogP) is 4.05. The van der Waals surface area contributed by atoms with Gasteiger partial charge in [0.25, 0.3) is 0 Å². The largest absolute Gasteiger partial charge is 0.497 e. The van der Waals surface area contributed by atoms with Crippen molar-refractivity contribution in [2.45, 2.75) is 0 Å². The second kappa shape index (κ2) is 6.03. The van der Waals surface area contributed by atoms with Gasteiger partial charge in [-0.3, -0.25) is 0 Å². The number of nitrogens with two attached hydrogens (primary N) is 1. The fourth-order valence-corrected chi connectivity index (χ4v) is 2.29. The van der Waals surface area contributed by atoms with Gasteiger partial charge in [-0.05, 0) is 30.3 Å². The summed E-state index contributed by atoms with van der Waals surface area (Å²) in [5.74, 6) is 0.994. The van der Waals surface area contributed by atoms with E-state index in [1.54, 1.807) is 7.11 Å². The molecule has 0 radical (unpaired) electrons. The van der Waals surface area contributed by atoms with Crippen LogP contribution in [0.4, 0.5) is 5.95 Å². The Balaban J connectivity index is 2.08. The zero-order valence-corrected chi connectivity index (χ0v) is 12.7. The van der Waals surface area contributed by atoms with Crippen molar-refractivity contribution >= 4 is 17.5 Å². The smallest absolute Gasteiger partial charge is 0.221 e. The fourth-order valence-electron chi connectivity index (χ4n) is 2.16. The number of nitrogen functional groups attached to an aromatic ring is 1. The van der Waals surface area contributed by atoms with Crippen LogP contribution in [0.5, 0.6) is 5.75 Å². The summed E-state index contributed by atoms with van der Waals surface area (Å²) in [6.45, 7) is 0. The molecule has 0 spiro atoms. The topological polar surface area (TPSA) is 61.0 Å². The van der Waals surface area contributed by atoms with Crippen LogP contribution in [0.3, 0.4) is 0 Å². The van der Waals surface area contributed by atoms with Crippen molar-refractivity contribution in [2.75, 3.05) is 12.8 Å². The summed E-state index contributed by atoms with van der Waals surface area (Å²) in [5.41, 5.74) is 9.21. The van der Waals surface area contributed by atoms with Gasteiger partial charge in [0.05, 0.1) is 18.5 Å². The molecule has 1 aromatic heterocycles. The number of hydrogen-bond donors (Lipinski definition) is 1. The lowest BCUT2D eigenvalue weighted by Crippen LogP contribution is -1.98. The van der Waals surface area contributed by atoms with Gasteiger partial charge >= 0.3 is 0 Å². The molecule has 3 aromatic rings. The van der Waals surface area contributed by atoms with E-state index in [0.29, 0.717) is 5.02 Å². The highest BCUT2D eigenvalue weighted by atomic mass is 35.5. The summed E-state index contributed by atoms with van der Waals surface area (Å²) in [6, 6.07) is 17.0. The monoisotopic (exact) mass is 311 g/mol. The molecular formula is C17H14ClN3O. The minimum absolute atomic E-state index is 0.227. The number of ether oxygens (including phenoxy) is 1. The number of methoxy groups -OCH3 is 1. The molecule has 0 unspecified atom stereocenters. The summed E-state index contributed by atoms with van der Waals surface area (Å²) in [4.78, 5) is 8.60. The Morgan fingerprint density at radius 3 is 2.27 bits per heavy atom. The second-order valence-corrected chi connectivity index (χ2v) is 5.17. The molecule has 0 saturated carbocycles. The lowest BCUT2D eigenvalue weighted by Gasteiger charge is -2.08. The first-order valence-electron chi connectivity index (χ1n) is 6.70. The maximum Gasteiger partial charge on any atom is 0.221 e. The van der Waals surface area contributed by atoms with Crippen molar-refractivity contribution in [1.29, 1.82) is 0 Å². The highest BCUT2D eigenvalue weighted by molar-refractivity contribution is 6.30. The van der Waals surface area contributed by atoms with Gasteiger partial charge in [0.1, 0.15) is 5.75 Å². The minimum Gasteiger partial charge on any atom is -0.497 e. The Morgan fingerprint density at radius 1 is 0.909 bits per heavy atom. The third kappa shape index (κ3) is 3.02. The third-order valence-electron chi connectivity index (χ3n) is 3.25. The van der Waals surface area contributed by atoms with Crippen LogP contribution < -0.4 is 10.5 Å². The zero-order valence-electron chi connectivity index (χ0n) is 12.0. The average Bonchev–Trinajstić information content (AvgIpc) is 2.55. The molecule has 0 saturated heterocycles. The zero-order chi connectivity index (χ0) is 15.5. The summed E-state index contributed by atoms with van der Waals surface area (Å²) in [6.07, 6.45) is 0. The second-order valence-electron chi connectivity index (χ2n) is 4.74. The van der Waals surface area contributed by atoms with Crippen LogP contribution in [0.2, 0.25) is 5.02 Å². The number of rotatable bonds is 3. The van der Waals surface area contributed by atoms with Crippen LogP contribution >= 0.6 is 11.6 Å². The van der Waals surface area contributed by atoms with E-state index in [9.17, 15) is 0 Å². The lowest BCUT2D eigenvalue weighted by molar-refractivity contribution is 0.415. The Hall–Kier alpha value is -2.59. The first-order valence-corrected chi connectivity index (χ1v) is 7.08. The summed E-state index contributed by atoms with van der Waals surface area (Å²) in [5, 5.41) is 0.679. The van der Waals surface area contributed by atoms with Crippen molar-refractivity contribution in [3.8, 4) is 28.3 Å². The molecule has 0 aliphatic carbocycles. The average molecular weight is 312 g/mol. The van der Waals surface area contributed by atoms with Gasteiger partial charge in [-0.1, -0.05) is 35.9 Å². The molecule has 110 valence electrons. The number of aromatic nitrogens is 2. The van der Waals surface area contributed by atoms with Crippen LogP contribution in [-0.4, -0.2) is 17.1 Å². The molecular weight excluding hydrogens is 298 g/mol. The molecule has 0 fully saturated rings. The Morgan fingerprint density at radius 2 is 1.59 bits per heavy atom. The van der Waals surface area contributed by atoms with E-state index in [4.69, 9.17) is 22.1 Å². The van der Waals surface area contributed by atoms with Crippen LogP contribution in [0.25, 0.3) is 22.5 Å². The number of benzene rings is 2. The molecule has 4 nitrogen and oxygen atoms in total. The van der Waals surface area contributed by atoms with Crippen LogP contribution in [-0.2, 0) is 0 Å². The normalized spacial score (nSPS) is 10.5. The van der Waals surface area contributed by atoms with Crippen LogP contribution in [0.15, 0.2) is 54.6 Å². The van der Waals surface area contributed by atoms with E-state index in [1.807, 2.05) is 54.6 Å². The standard InChI is InChI=1S/C17H14ClN3O/c1-22-14-4-2-3-12(9-14)16-10-15(20-17(19)21-16)11-5-7-13(18)8-6-11/h2-10H,1H3,(H2,19,20,21). The molecule has 0 aliphatic heterocycles. The number of nitrogens with zero attached hydrogens (tertiary/aromatic N) is 2. The van der Waals surface area contributed by atoms with Gasteiger partial charge in [0.2, 0.25) is 5.95 Å². The third-order valence-corrected chi connectivity index (χ3v) is 3.50. The van der Waals surface area contributed by atoms with Gasteiger partial charge in [0, 0.05) is 16.1 Å². The van der Waals surface area contributed by atoms with E-state index in [-0.39, 0.29) is 5.95 Å². The first kappa shape index (κ1) is 14.4. The number of hydrogen-bond acceptors (Lipinski definition) is 4. The van der Waals surface area contributed by atoms with Gasteiger partial charge in [-0.2, -0.15) is 0 Å². The summed E-state index contributed by atoms with van der Waals surface area (Å²) in [7, 11) is 1.63. The molecule has 0 amide bonds. The van der Waals surface area contributed by atoms with Crippen LogP contribution in [0.1, 0.15) is 0 Å². The predicted molar refractivity (Wildman–Crippen MR) is 88.9 cm³/mol. The number of halogens is 1. The van der Waals surface area contributed by atoms with Gasteiger partial charge in [-0.15, -0.1) is 0 Å². The molecule has 2 N–H and O–H groups in total. The van der Waals surface area contributed by atoms with Crippen LogP contribution in [0, 0.1) is 0 Å². The van der Waals surface area contributed by atoms with E-state index in [2.05, 4.69) is 9.97 Å². The highest BCUT2D eigenvalue weighted by Gasteiger charge is 2.08. The molecule has 3 rings (SSSR count). The summed E-state index contributed by atoms with van der Waals surface area (Å²) < 4.78 is 5.25. The summed E-state index contributed by atoms with van der Waals surface area (Å²) >= 11 is 5.92. The van der Waals surface area contributed by atoms with Crippen molar-refractivity contribution in [2.24, 2.45) is 0 Å². The molecule has 22 heavy (non-hydrogen) atoms. The van der Waals surface area contributed by atoms with E-state index in [0.717, 1.165) is 28.3 Å². The lowest BCUT2D eigenvalue weighted by atomic mass is 10.1. The molecule has 2 aromatic carbocycles. The van der Waals surface area contributed by atoms with Gasteiger partial charge in [-0.25, -0.2) is 9.97 Å². The molecule has 0 atom stereocenters.